The van der Waals surface area contributed by atoms with Crippen LogP contribution in [0.25, 0.3) is 0 Å². The van der Waals surface area contributed by atoms with E-state index in [-0.39, 0.29) is 0 Å². The summed E-state index contributed by atoms with van der Waals surface area (Å²) in [5, 5.41) is 0. The van der Waals surface area contributed by atoms with Crippen LogP contribution in [0.15, 0.2) is 0 Å². The summed E-state index contributed by atoms with van der Waals surface area (Å²) >= 11 is 0. The Hall–Kier alpha value is -0.440. The minimum Gasteiger partial charge on any atom is -0.0854 e. The maximum absolute atomic E-state index is 7.07. The quantitative estimate of drug-likeness (QED) is 0.511. The third kappa shape index (κ3) is 1.53. The molecule has 0 spiro atoms. The Bertz CT molecular complexity index is 123. The van der Waals surface area contributed by atoms with Crippen molar-refractivity contribution in [3.63, 3.8) is 0 Å². The van der Waals surface area contributed by atoms with Crippen molar-refractivity contribution in [3.05, 3.63) is 6.42 Å². The van der Waals surface area contributed by atoms with Crippen LogP contribution in [0.3, 0.4) is 0 Å². The average molecular weight is 135 g/mol. The zero-order chi connectivity index (χ0) is 7.40. The molecule has 0 heterocycles. The molecule has 0 heteroatoms. The van der Waals surface area contributed by atoms with Crippen molar-refractivity contribution in [2.24, 2.45) is 11.8 Å². The van der Waals surface area contributed by atoms with Crippen LogP contribution < -0.4 is 0 Å². The molecule has 1 unspecified atom stereocenters. The molecule has 0 N–H and O–H groups in total. The predicted molar refractivity (Wildman–Crippen MR) is 42.9 cm³/mol. The Morgan fingerprint density at radius 2 is 2.10 bits per heavy atom. The van der Waals surface area contributed by atoms with Gasteiger partial charge in [-0.2, -0.15) is 0 Å². The van der Waals surface area contributed by atoms with Gasteiger partial charge in [0, 0.05) is 5.92 Å². The summed E-state index contributed by atoms with van der Waals surface area (Å²) in [5.74, 6) is 3.90. The van der Waals surface area contributed by atoms with Crippen LogP contribution in [0, 0.1) is 24.2 Å². The van der Waals surface area contributed by atoms with Crippen LogP contribution in [0.4, 0.5) is 0 Å². The number of hydrogen-bond donors (Lipinski definition) is 0. The van der Waals surface area contributed by atoms with E-state index in [4.69, 9.17) is 6.42 Å². The topological polar surface area (TPSA) is 0 Å². The summed E-state index contributed by atoms with van der Waals surface area (Å²) in [5.41, 5.74) is 0. The predicted octanol–water partition coefficient (Wildman–Crippen LogP) is 2.79. The molecule has 1 radical (unpaired) electrons. The monoisotopic (exact) mass is 135 g/mol. The van der Waals surface area contributed by atoms with Crippen molar-refractivity contribution in [2.45, 2.75) is 39.0 Å². The van der Waals surface area contributed by atoms with Crippen molar-refractivity contribution in [1.29, 1.82) is 0 Å². The second-order valence-corrected chi connectivity index (χ2v) is 3.20. The number of hydrogen-bond acceptors (Lipinski definition) is 0. The van der Waals surface area contributed by atoms with Crippen LogP contribution in [-0.2, 0) is 0 Å². The minimum absolute atomic E-state index is 0.461. The highest BCUT2D eigenvalue weighted by Crippen LogP contribution is 2.32. The average Bonchev–Trinajstić information content (AvgIpc) is 2.43. The Kier molecular flexibility index (Phi) is 2.81. The zero-order valence-electron chi connectivity index (χ0n) is 6.69. The molecule has 55 valence electrons. The van der Waals surface area contributed by atoms with Gasteiger partial charge in [-0.05, 0) is 31.6 Å². The van der Waals surface area contributed by atoms with Crippen molar-refractivity contribution < 1.29 is 0 Å². The van der Waals surface area contributed by atoms with Gasteiger partial charge in [0.05, 0.1) is 0 Å². The molecule has 1 atom stereocenters. The normalized spacial score (nSPS) is 22.4. The molecule has 0 aliphatic heterocycles. The van der Waals surface area contributed by atoms with Crippen molar-refractivity contribution in [1.82, 2.24) is 0 Å². The minimum atomic E-state index is 0.461. The maximum Gasteiger partial charge on any atom is 0.0238 e. The molecule has 0 nitrogen and oxygen atoms in total. The van der Waals surface area contributed by atoms with Crippen molar-refractivity contribution in [2.75, 3.05) is 0 Å². The van der Waals surface area contributed by atoms with E-state index in [1.165, 1.54) is 25.7 Å². The van der Waals surface area contributed by atoms with Crippen LogP contribution >= 0.6 is 0 Å². The first-order chi connectivity index (χ1) is 4.88. The molecule has 0 aromatic rings. The Morgan fingerprint density at radius 1 is 1.50 bits per heavy atom. The highest BCUT2D eigenvalue weighted by atomic mass is 14.3. The summed E-state index contributed by atoms with van der Waals surface area (Å²) in [6, 6.07) is 0. The lowest BCUT2D eigenvalue weighted by atomic mass is 9.90. The molecular weight excluding hydrogens is 120 g/mol. The van der Waals surface area contributed by atoms with Crippen LogP contribution in [0.2, 0.25) is 0 Å². The van der Waals surface area contributed by atoms with Gasteiger partial charge in [-0.3, -0.25) is 0 Å². The van der Waals surface area contributed by atoms with Gasteiger partial charge in [0.2, 0.25) is 0 Å². The fraction of sp³-hybridized carbons (Fsp3) is 0.800. The van der Waals surface area contributed by atoms with E-state index in [2.05, 4.69) is 12.8 Å². The van der Waals surface area contributed by atoms with Crippen molar-refractivity contribution in [3.8, 4) is 5.92 Å². The van der Waals surface area contributed by atoms with Gasteiger partial charge in [-0.1, -0.05) is 25.7 Å². The van der Waals surface area contributed by atoms with Gasteiger partial charge in [0.15, 0.2) is 0 Å². The van der Waals surface area contributed by atoms with Gasteiger partial charge in [-0.15, -0.1) is 0 Å². The van der Waals surface area contributed by atoms with E-state index >= 15 is 0 Å². The Labute approximate surface area is 64.0 Å². The van der Waals surface area contributed by atoms with Crippen LogP contribution in [-0.4, -0.2) is 0 Å². The number of rotatable bonds is 2. The fourth-order valence-corrected chi connectivity index (χ4v) is 1.91. The molecule has 0 bridgehead atoms. The van der Waals surface area contributed by atoms with Gasteiger partial charge in [0.1, 0.15) is 0 Å². The van der Waals surface area contributed by atoms with Gasteiger partial charge < -0.3 is 0 Å². The molecule has 1 saturated carbocycles. The smallest absolute Gasteiger partial charge is 0.0238 e. The molecule has 0 saturated heterocycles. The molecule has 0 aromatic carbocycles. The maximum atomic E-state index is 7.07. The summed E-state index contributed by atoms with van der Waals surface area (Å²) in [6.07, 6.45) is 13.6. The second kappa shape index (κ2) is 3.66. The summed E-state index contributed by atoms with van der Waals surface area (Å²) in [4.78, 5) is 0. The third-order valence-electron chi connectivity index (χ3n) is 2.59. The molecule has 0 aromatic heterocycles. The van der Waals surface area contributed by atoms with E-state index < -0.39 is 0 Å². The lowest BCUT2D eigenvalue weighted by molar-refractivity contribution is 0.407. The Morgan fingerprint density at radius 3 is 2.50 bits per heavy atom. The van der Waals surface area contributed by atoms with Gasteiger partial charge in [-0.25, -0.2) is 0 Å². The molecular formula is C10H15. The van der Waals surface area contributed by atoms with E-state index in [1.54, 1.807) is 0 Å². The van der Waals surface area contributed by atoms with Crippen LogP contribution in [0.1, 0.15) is 39.0 Å². The van der Waals surface area contributed by atoms with E-state index in [1.807, 2.05) is 0 Å². The standard InChI is InChI=1S/C10H15/c1-3-9(4-2)10-7-5-6-8-10/h9-10H,3,5-8H2,1H3. The third-order valence-corrected chi connectivity index (χ3v) is 2.59. The zero-order valence-corrected chi connectivity index (χ0v) is 6.69. The van der Waals surface area contributed by atoms with Gasteiger partial charge in [0.25, 0.3) is 0 Å². The first kappa shape index (κ1) is 7.66. The van der Waals surface area contributed by atoms with E-state index in [9.17, 15) is 0 Å². The highest BCUT2D eigenvalue weighted by molar-refractivity contribution is 4.92. The molecule has 1 aliphatic rings. The first-order valence-electron chi connectivity index (χ1n) is 4.30. The SMILES string of the molecule is [C]#CC(CC)C1CCCC1. The summed E-state index contributed by atoms with van der Waals surface area (Å²) in [6.45, 7) is 2.16. The largest absolute Gasteiger partial charge is 0.0854 e. The molecule has 1 fully saturated rings. The highest BCUT2D eigenvalue weighted by Gasteiger charge is 2.21. The molecule has 0 amide bonds. The van der Waals surface area contributed by atoms with Crippen LogP contribution in [0.5, 0.6) is 0 Å². The molecule has 10 heavy (non-hydrogen) atoms. The summed E-state index contributed by atoms with van der Waals surface area (Å²) < 4.78 is 0. The lowest BCUT2D eigenvalue weighted by Crippen LogP contribution is -2.07. The second-order valence-electron chi connectivity index (χ2n) is 3.20. The molecule has 1 aliphatic carbocycles. The fourth-order valence-electron chi connectivity index (χ4n) is 1.91. The van der Waals surface area contributed by atoms with E-state index in [0.29, 0.717) is 5.92 Å². The Balaban J connectivity index is 2.38. The summed E-state index contributed by atoms with van der Waals surface area (Å²) in [7, 11) is 0. The lowest BCUT2D eigenvalue weighted by Gasteiger charge is -2.14. The van der Waals surface area contributed by atoms with E-state index in [0.717, 1.165) is 12.3 Å². The molecule has 1 rings (SSSR count). The van der Waals surface area contributed by atoms with Crippen molar-refractivity contribution >= 4 is 0 Å². The first-order valence-corrected chi connectivity index (χ1v) is 4.30. The van der Waals surface area contributed by atoms with Gasteiger partial charge >= 0.3 is 0 Å².